The molecule has 0 saturated carbocycles. The molecule has 20 heavy (non-hydrogen) atoms. The zero-order valence-corrected chi connectivity index (χ0v) is 11.9. The highest BCUT2D eigenvalue weighted by Gasteiger charge is 2.09. The minimum absolute atomic E-state index is 0.143. The summed E-state index contributed by atoms with van der Waals surface area (Å²) in [6, 6.07) is 11.1. The summed E-state index contributed by atoms with van der Waals surface area (Å²) < 4.78 is 31.1. The summed E-state index contributed by atoms with van der Waals surface area (Å²) in [6.45, 7) is 0.355. The minimum atomic E-state index is -4.20. The van der Waals surface area contributed by atoms with Crippen molar-refractivity contribution in [1.82, 2.24) is 0 Å². The lowest BCUT2D eigenvalue weighted by atomic mass is 10.2. The summed E-state index contributed by atoms with van der Waals surface area (Å²) in [4.78, 5) is -0.143. The van der Waals surface area contributed by atoms with E-state index in [-0.39, 0.29) is 4.90 Å². The van der Waals surface area contributed by atoms with Gasteiger partial charge in [0.1, 0.15) is 0 Å². The molecular formula is C13H13ClN2O3S. The van der Waals surface area contributed by atoms with Crippen LogP contribution in [0.25, 0.3) is 0 Å². The van der Waals surface area contributed by atoms with Crippen molar-refractivity contribution >= 4 is 33.1 Å². The average molecular weight is 313 g/mol. The first kappa shape index (κ1) is 14.6. The van der Waals surface area contributed by atoms with E-state index in [2.05, 4.69) is 5.32 Å². The van der Waals surface area contributed by atoms with Crippen LogP contribution in [0.2, 0.25) is 5.02 Å². The first-order valence-corrected chi connectivity index (χ1v) is 7.53. The first-order valence-electron chi connectivity index (χ1n) is 5.71. The third-order valence-electron chi connectivity index (χ3n) is 2.69. The second-order valence-electron chi connectivity index (χ2n) is 4.21. The largest absolute Gasteiger partial charge is 0.397 e. The number of benzene rings is 2. The van der Waals surface area contributed by atoms with Crippen LogP contribution in [-0.4, -0.2) is 13.0 Å². The molecule has 0 heterocycles. The van der Waals surface area contributed by atoms with E-state index >= 15 is 0 Å². The topological polar surface area (TPSA) is 92.4 Å². The van der Waals surface area contributed by atoms with Crippen molar-refractivity contribution in [3.8, 4) is 0 Å². The van der Waals surface area contributed by atoms with Gasteiger partial charge in [0, 0.05) is 11.6 Å². The van der Waals surface area contributed by atoms with Crippen molar-refractivity contribution in [3.63, 3.8) is 0 Å². The van der Waals surface area contributed by atoms with Gasteiger partial charge in [0.15, 0.2) is 0 Å². The molecule has 0 fully saturated rings. The lowest BCUT2D eigenvalue weighted by molar-refractivity contribution is 0.483. The molecule has 2 rings (SSSR count). The van der Waals surface area contributed by atoms with E-state index in [4.69, 9.17) is 21.9 Å². The third kappa shape index (κ3) is 3.63. The van der Waals surface area contributed by atoms with Gasteiger partial charge in [0.05, 0.1) is 16.3 Å². The Balaban J connectivity index is 2.17. The fourth-order valence-electron chi connectivity index (χ4n) is 1.69. The summed E-state index contributed by atoms with van der Waals surface area (Å²) in [5.74, 6) is 0. The Kier molecular flexibility index (Phi) is 4.17. The number of nitrogens with one attached hydrogen (secondary N) is 1. The van der Waals surface area contributed by atoms with Crippen LogP contribution in [0.15, 0.2) is 47.4 Å². The molecule has 106 valence electrons. The Morgan fingerprint density at radius 1 is 1.20 bits per heavy atom. The van der Waals surface area contributed by atoms with E-state index in [9.17, 15) is 8.42 Å². The van der Waals surface area contributed by atoms with E-state index in [1.807, 2.05) is 0 Å². The van der Waals surface area contributed by atoms with Gasteiger partial charge in [-0.15, -0.1) is 0 Å². The highest BCUT2D eigenvalue weighted by Crippen LogP contribution is 2.23. The molecule has 0 radical (unpaired) electrons. The number of hydrogen-bond donors (Lipinski definition) is 3. The number of rotatable bonds is 4. The van der Waals surface area contributed by atoms with Gasteiger partial charge in [0.2, 0.25) is 0 Å². The molecule has 5 nitrogen and oxygen atoms in total. The number of nitrogens with two attached hydrogens (primary N) is 1. The number of anilines is 2. The van der Waals surface area contributed by atoms with E-state index in [0.717, 1.165) is 0 Å². The van der Waals surface area contributed by atoms with Crippen molar-refractivity contribution in [2.45, 2.75) is 11.4 Å². The molecule has 0 unspecified atom stereocenters. The maximum Gasteiger partial charge on any atom is 0.294 e. The highest BCUT2D eigenvalue weighted by molar-refractivity contribution is 7.85. The van der Waals surface area contributed by atoms with Gasteiger partial charge in [-0.25, -0.2) is 0 Å². The second kappa shape index (κ2) is 5.70. The molecule has 7 heteroatoms. The molecule has 0 aliphatic carbocycles. The van der Waals surface area contributed by atoms with E-state index in [1.165, 1.54) is 12.1 Å². The van der Waals surface area contributed by atoms with Crippen LogP contribution in [0.1, 0.15) is 5.56 Å². The van der Waals surface area contributed by atoms with Gasteiger partial charge in [-0.3, -0.25) is 4.55 Å². The Hall–Kier alpha value is -1.76. The van der Waals surface area contributed by atoms with Crippen LogP contribution in [-0.2, 0) is 16.7 Å². The fraction of sp³-hybridized carbons (Fsp3) is 0.0769. The Bertz CT molecular complexity index is 732. The van der Waals surface area contributed by atoms with Gasteiger partial charge < -0.3 is 11.1 Å². The molecule has 2 aromatic carbocycles. The van der Waals surface area contributed by atoms with Crippen LogP contribution >= 0.6 is 11.6 Å². The van der Waals surface area contributed by atoms with Crippen LogP contribution in [0.5, 0.6) is 0 Å². The molecule has 0 saturated heterocycles. The van der Waals surface area contributed by atoms with Crippen molar-refractivity contribution in [2.75, 3.05) is 11.1 Å². The van der Waals surface area contributed by atoms with Crippen molar-refractivity contribution in [3.05, 3.63) is 53.1 Å². The monoisotopic (exact) mass is 312 g/mol. The Morgan fingerprint density at radius 3 is 2.65 bits per heavy atom. The number of nitrogen functional groups attached to an aromatic ring is 1. The predicted molar refractivity (Wildman–Crippen MR) is 79.4 cm³/mol. The summed E-state index contributed by atoms with van der Waals surface area (Å²) >= 11 is 5.88. The molecule has 4 N–H and O–H groups in total. The summed E-state index contributed by atoms with van der Waals surface area (Å²) in [6.07, 6.45) is 0. The first-order chi connectivity index (χ1) is 9.36. The van der Waals surface area contributed by atoms with Crippen LogP contribution in [0.4, 0.5) is 11.4 Å². The zero-order valence-electron chi connectivity index (χ0n) is 10.4. The molecule has 0 amide bonds. The molecule has 0 spiro atoms. The maximum absolute atomic E-state index is 11.1. The van der Waals surface area contributed by atoms with Crippen LogP contribution in [0.3, 0.4) is 0 Å². The van der Waals surface area contributed by atoms with E-state index < -0.39 is 10.1 Å². The molecule has 2 aromatic rings. The lowest BCUT2D eigenvalue weighted by Gasteiger charge is -2.10. The van der Waals surface area contributed by atoms with Crippen LogP contribution in [0, 0.1) is 0 Å². The highest BCUT2D eigenvalue weighted by atomic mass is 35.5. The molecule has 0 aromatic heterocycles. The second-order valence-corrected chi connectivity index (χ2v) is 6.07. The van der Waals surface area contributed by atoms with Crippen molar-refractivity contribution in [2.24, 2.45) is 0 Å². The molecule has 0 atom stereocenters. The van der Waals surface area contributed by atoms with Gasteiger partial charge in [0.25, 0.3) is 10.1 Å². The van der Waals surface area contributed by atoms with Crippen molar-refractivity contribution < 1.29 is 13.0 Å². The zero-order chi connectivity index (χ0) is 14.8. The maximum atomic E-state index is 11.1. The normalized spacial score (nSPS) is 11.3. The van der Waals surface area contributed by atoms with Gasteiger partial charge in [-0.1, -0.05) is 23.7 Å². The molecule has 0 aliphatic heterocycles. The quantitative estimate of drug-likeness (QED) is 0.596. The molecule has 0 aliphatic rings. The standard InChI is InChI=1S/C13H13ClN2O3S/c14-10-4-5-12(15)13(7-10)16-8-9-2-1-3-11(6-9)20(17,18)19/h1-7,16H,8,15H2,(H,17,18,19). The smallest absolute Gasteiger partial charge is 0.294 e. The van der Waals surface area contributed by atoms with E-state index in [1.54, 1.807) is 30.3 Å². The Morgan fingerprint density at radius 2 is 1.95 bits per heavy atom. The lowest BCUT2D eigenvalue weighted by Crippen LogP contribution is -2.04. The summed E-state index contributed by atoms with van der Waals surface area (Å²) in [5.41, 5.74) is 7.69. The third-order valence-corrected chi connectivity index (χ3v) is 3.78. The SMILES string of the molecule is Nc1ccc(Cl)cc1NCc1cccc(S(=O)(=O)O)c1. The van der Waals surface area contributed by atoms with E-state index in [0.29, 0.717) is 28.5 Å². The minimum Gasteiger partial charge on any atom is -0.397 e. The van der Waals surface area contributed by atoms with Gasteiger partial charge in [-0.05, 0) is 35.9 Å². The molecule has 0 bridgehead atoms. The number of hydrogen-bond acceptors (Lipinski definition) is 4. The number of halogens is 1. The van der Waals surface area contributed by atoms with Crippen molar-refractivity contribution in [1.29, 1.82) is 0 Å². The summed E-state index contributed by atoms with van der Waals surface area (Å²) in [5, 5.41) is 3.61. The Labute approximate surface area is 122 Å². The fourth-order valence-corrected chi connectivity index (χ4v) is 2.42. The molecular weight excluding hydrogens is 300 g/mol. The van der Waals surface area contributed by atoms with Gasteiger partial charge >= 0.3 is 0 Å². The summed E-state index contributed by atoms with van der Waals surface area (Å²) in [7, 11) is -4.20. The van der Waals surface area contributed by atoms with Gasteiger partial charge in [-0.2, -0.15) is 8.42 Å². The average Bonchev–Trinajstić information content (AvgIpc) is 2.39. The predicted octanol–water partition coefficient (Wildman–Crippen LogP) is 2.78. The van der Waals surface area contributed by atoms with Crippen LogP contribution < -0.4 is 11.1 Å².